The third-order valence-electron chi connectivity index (χ3n) is 4.23. The van der Waals surface area contributed by atoms with E-state index >= 15 is 0 Å². The standard InChI is InChI=1S/C20H20N6O2/c1-12(2)28-17-6-4-5-16-18(17)19(25-26(16)3)22-20(27)15-11-14(23-24-15)13-7-9-21-10-8-13/h4-12H,1-3H3,(H,23,24)(H,22,25,27). The third-order valence-corrected chi connectivity index (χ3v) is 4.23. The van der Waals surface area contributed by atoms with E-state index in [1.165, 1.54) is 0 Å². The number of H-pyrrole nitrogens is 1. The molecule has 0 spiro atoms. The molecule has 1 aromatic carbocycles. The smallest absolute Gasteiger partial charge is 0.274 e. The van der Waals surface area contributed by atoms with Gasteiger partial charge in [-0.2, -0.15) is 10.2 Å². The molecule has 4 aromatic rings. The molecule has 0 unspecified atom stereocenters. The van der Waals surface area contributed by atoms with Gasteiger partial charge in [-0.15, -0.1) is 0 Å². The molecule has 2 N–H and O–H groups in total. The van der Waals surface area contributed by atoms with Crippen LogP contribution in [0.2, 0.25) is 0 Å². The van der Waals surface area contributed by atoms with Crippen molar-refractivity contribution >= 4 is 22.6 Å². The lowest BCUT2D eigenvalue weighted by Crippen LogP contribution is -2.13. The number of hydrogen-bond acceptors (Lipinski definition) is 5. The van der Waals surface area contributed by atoms with Gasteiger partial charge in [0, 0.05) is 25.0 Å². The molecule has 0 fully saturated rings. The largest absolute Gasteiger partial charge is 0.490 e. The zero-order valence-electron chi connectivity index (χ0n) is 15.8. The lowest BCUT2D eigenvalue weighted by molar-refractivity contribution is 0.102. The number of hydrogen-bond donors (Lipinski definition) is 2. The van der Waals surface area contributed by atoms with Gasteiger partial charge in [0.1, 0.15) is 11.4 Å². The highest BCUT2D eigenvalue weighted by molar-refractivity contribution is 6.08. The normalized spacial score (nSPS) is 11.1. The van der Waals surface area contributed by atoms with Gasteiger partial charge in [0.2, 0.25) is 0 Å². The number of pyridine rings is 1. The van der Waals surface area contributed by atoms with Crippen molar-refractivity contribution in [2.24, 2.45) is 7.05 Å². The Bertz CT molecular complexity index is 1130. The van der Waals surface area contributed by atoms with E-state index in [0.29, 0.717) is 23.0 Å². The van der Waals surface area contributed by atoms with Gasteiger partial charge >= 0.3 is 0 Å². The number of aromatic amines is 1. The van der Waals surface area contributed by atoms with Crippen LogP contribution >= 0.6 is 0 Å². The first-order valence-electron chi connectivity index (χ1n) is 8.92. The molecular weight excluding hydrogens is 356 g/mol. The monoisotopic (exact) mass is 376 g/mol. The SMILES string of the molecule is CC(C)Oc1cccc2c1c(NC(=O)c1cc(-c3ccncc3)n[nH]1)nn2C. The van der Waals surface area contributed by atoms with E-state index < -0.39 is 0 Å². The first-order chi connectivity index (χ1) is 13.5. The van der Waals surface area contributed by atoms with Gasteiger partial charge in [0.25, 0.3) is 5.91 Å². The number of aryl methyl sites for hydroxylation is 1. The number of fused-ring (bicyclic) bond motifs is 1. The highest BCUT2D eigenvalue weighted by atomic mass is 16.5. The molecule has 4 rings (SSSR count). The third kappa shape index (κ3) is 3.32. The van der Waals surface area contributed by atoms with Gasteiger partial charge in [0.05, 0.1) is 22.7 Å². The van der Waals surface area contributed by atoms with Crippen LogP contribution < -0.4 is 10.1 Å². The van der Waals surface area contributed by atoms with Crippen LogP contribution in [0.4, 0.5) is 5.82 Å². The van der Waals surface area contributed by atoms with Crippen molar-refractivity contribution in [3.05, 3.63) is 54.5 Å². The quantitative estimate of drug-likeness (QED) is 0.556. The Labute approximate surface area is 161 Å². The van der Waals surface area contributed by atoms with Gasteiger partial charge in [0.15, 0.2) is 5.82 Å². The average molecular weight is 376 g/mol. The number of nitrogens with one attached hydrogen (secondary N) is 2. The van der Waals surface area contributed by atoms with Gasteiger partial charge in [-0.25, -0.2) is 0 Å². The van der Waals surface area contributed by atoms with Crippen LogP contribution in [0.5, 0.6) is 5.75 Å². The van der Waals surface area contributed by atoms with Crippen LogP contribution in [0.25, 0.3) is 22.2 Å². The van der Waals surface area contributed by atoms with Crippen LogP contribution in [0.3, 0.4) is 0 Å². The molecule has 1 amide bonds. The minimum Gasteiger partial charge on any atom is -0.490 e. The number of benzene rings is 1. The maximum Gasteiger partial charge on any atom is 0.274 e. The van der Waals surface area contributed by atoms with Crippen LogP contribution in [0, 0.1) is 0 Å². The second-order valence-corrected chi connectivity index (χ2v) is 6.65. The molecular formula is C20H20N6O2. The molecule has 0 aliphatic heterocycles. The highest BCUT2D eigenvalue weighted by Crippen LogP contribution is 2.32. The van der Waals surface area contributed by atoms with Gasteiger partial charge < -0.3 is 10.1 Å². The Morgan fingerprint density at radius 3 is 2.75 bits per heavy atom. The zero-order chi connectivity index (χ0) is 19.7. The molecule has 0 atom stereocenters. The molecule has 142 valence electrons. The fourth-order valence-corrected chi connectivity index (χ4v) is 3.00. The summed E-state index contributed by atoms with van der Waals surface area (Å²) in [6.07, 6.45) is 3.37. The molecule has 3 aromatic heterocycles. The Morgan fingerprint density at radius 1 is 1.21 bits per heavy atom. The number of aromatic nitrogens is 5. The summed E-state index contributed by atoms with van der Waals surface area (Å²) in [7, 11) is 1.83. The molecule has 0 aliphatic rings. The summed E-state index contributed by atoms with van der Waals surface area (Å²) < 4.78 is 7.62. The molecule has 0 bridgehead atoms. The summed E-state index contributed by atoms with van der Waals surface area (Å²) in [5, 5.41) is 15.1. The number of carbonyl (C=O) groups excluding carboxylic acids is 1. The second kappa shape index (κ2) is 7.15. The minimum atomic E-state index is -0.327. The number of nitrogens with zero attached hydrogens (tertiary/aromatic N) is 4. The van der Waals surface area contributed by atoms with Crippen molar-refractivity contribution in [2.75, 3.05) is 5.32 Å². The van der Waals surface area contributed by atoms with Crippen LogP contribution in [0.15, 0.2) is 48.8 Å². The molecule has 0 saturated heterocycles. The van der Waals surface area contributed by atoms with E-state index in [1.54, 1.807) is 23.1 Å². The second-order valence-electron chi connectivity index (χ2n) is 6.65. The number of ether oxygens (including phenoxy) is 1. The fourth-order valence-electron chi connectivity index (χ4n) is 3.00. The van der Waals surface area contributed by atoms with Gasteiger partial charge in [-0.1, -0.05) is 6.07 Å². The molecule has 8 nitrogen and oxygen atoms in total. The summed E-state index contributed by atoms with van der Waals surface area (Å²) in [4.78, 5) is 16.7. The molecule has 3 heterocycles. The summed E-state index contributed by atoms with van der Waals surface area (Å²) in [5.74, 6) is 0.795. The Morgan fingerprint density at radius 2 is 2.00 bits per heavy atom. The zero-order valence-corrected chi connectivity index (χ0v) is 15.8. The molecule has 0 aliphatic carbocycles. The molecule has 0 radical (unpaired) electrons. The first kappa shape index (κ1) is 17.7. The van der Waals surface area contributed by atoms with Crippen molar-refractivity contribution in [1.82, 2.24) is 25.0 Å². The van der Waals surface area contributed by atoms with Gasteiger partial charge in [-0.3, -0.25) is 19.6 Å². The topological polar surface area (TPSA) is 97.7 Å². The number of anilines is 1. The molecule has 8 heteroatoms. The summed E-state index contributed by atoms with van der Waals surface area (Å²) >= 11 is 0. The summed E-state index contributed by atoms with van der Waals surface area (Å²) in [6.45, 7) is 3.91. The maximum absolute atomic E-state index is 12.8. The van der Waals surface area contributed by atoms with Crippen molar-refractivity contribution in [3.8, 4) is 17.0 Å². The van der Waals surface area contributed by atoms with E-state index in [1.807, 2.05) is 51.2 Å². The lowest BCUT2D eigenvalue weighted by atomic mass is 10.2. The van der Waals surface area contributed by atoms with Gasteiger partial charge in [-0.05, 0) is 44.2 Å². The maximum atomic E-state index is 12.8. The van der Waals surface area contributed by atoms with E-state index in [-0.39, 0.29) is 12.0 Å². The number of carbonyl (C=O) groups is 1. The predicted octanol–water partition coefficient (Wildman–Crippen LogP) is 3.40. The number of rotatable bonds is 5. The van der Waals surface area contributed by atoms with Crippen LogP contribution in [-0.4, -0.2) is 37.0 Å². The Balaban J connectivity index is 1.65. The first-order valence-corrected chi connectivity index (χ1v) is 8.92. The van der Waals surface area contributed by atoms with E-state index in [0.717, 1.165) is 16.5 Å². The summed E-state index contributed by atoms with van der Waals surface area (Å²) in [6, 6.07) is 11.1. The van der Waals surface area contributed by atoms with Crippen molar-refractivity contribution in [2.45, 2.75) is 20.0 Å². The van der Waals surface area contributed by atoms with Crippen molar-refractivity contribution in [1.29, 1.82) is 0 Å². The molecule has 28 heavy (non-hydrogen) atoms. The lowest BCUT2D eigenvalue weighted by Gasteiger charge is -2.11. The fraction of sp³-hybridized carbons (Fsp3) is 0.200. The molecule has 0 saturated carbocycles. The van der Waals surface area contributed by atoms with Crippen molar-refractivity contribution in [3.63, 3.8) is 0 Å². The van der Waals surface area contributed by atoms with Crippen LogP contribution in [0.1, 0.15) is 24.3 Å². The van der Waals surface area contributed by atoms with Crippen molar-refractivity contribution < 1.29 is 9.53 Å². The minimum absolute atomic E-state index is 0.00452. The summed E-state index contributed by atoms with van der Waals surface area (Å²) in [5.41, 5.74) is 2.76. The van der Waals surface area contributed by atoms with E-state index in [2.05, 4.69) is 25.6 Å². The van der Waals surface area contributed by atoms with E-state index in [9.17, 15) is 4.79 Å². The Kier molecular flexibility index (Phi) is 4.52. The highest BCUT2D eigenvalue weighted by Gasteiger charge is 2.18. The van der Waals surface area contributed by atoms with E-state index in [4.69, 9.17) is 4.74 Å². The number of amides is 1. The predicted molar refractivity (Wildman–Crippen MR) is 106 cm³/mol. The average Bonchev–Trinajstić information content (AvgIpc) is 3.29. The van der Waals surface area contributed by atoms with Crippen LogP contribution in [-0.2, 0) is 7.05 Å². The Hall–Kier alpha value is -3.68.